The molecule has 0 unspecified atom stereocenters. The van der Waals surface area contributed by atoms with Gasteiger partial charge < -0.3 is 0 Å². The standard InChI is InChI=1S/C14H27N/c1-12(2)10-15(11-13-8-9-13)14-6-4-3-5-7-14/h12-14H,3-11H2,1-2H3. The van der Waals surface area contributed by atoms with Gasteiger partial charge in [-0.15, -0.1) is 0 Å². The summed E-state index contributed by atoms with van der Waals surface area (Å²) in [5.74, 6) is 1.90. The van der Waals surface area contributed by atoms with Crippen LogP contribution in [-0.4, -0.2) is 24.0 Å². The Labute approximate surface area is 95.2 Å². The van der Waals surface area contributed by atoms with E-state index in [1.165, 1.54) is 58.0 Å². The Morgan fingerprint density at radius 2 is 1.67 bits per heavy atom. The van der Waals surface area contributed by atoms with Gasteiger partial charge in [-0.1, -0.05) is 33.1 Å². The summed E-state index contributed by atoms with van der Waals surface area (Å²) in [7, 11) is 0. The van der Waals surface area contributed by atoms with Crippen molar-refractivity contribution in [3.63, 3.8) is 0 Å². The molecule has 1 nitrogen and oxygen atoms in total. The van der Waals surface area contributed by atoms with Crippen LogP contribution in [0.1, 0.15) is 58.8 Å². The molecule has 2 aliphatic rings. The van der Waals surface area contributed by atoms with Crippen LogP contribution in [0.5, 0.6) is 0 Å². The lowest BCUT2D eigenvalue weighted by Crippen LogP contribution is -2.40. The van der Waals surface area contributed by atoms with E-state index in [4.69, 9.17) is 0 Å². The van der Waals surface area contributed by atoms with Crippen molar-refractivity contribution in [3.05, 3.63) is 0 Å². The maximum absolute atomic E-state index is 2.82. The fourth-order valence-electron chi connectivity index (χ4n) is 2.92. The van der Waals surface area contributed by atoms with Crippen LogP contribution in [0.3, 0.4) is 0 Å². The Morgan fingerprint density at radius 1 is 1.00 bits per heavy atom. The summed E-state index contributed by atoms with van der Waals surface area (Å²) >= 11 is 0. The van der Waals surface area contributed by atoms with Crippen molar-refractivity contribution in [2.24, 2.45) is 11.8 Å². The van der Waals surface area contributed by atoms with Gasteiger partial charge in [-0.3, -0.25) is 4.90 Å². The third kappa shape index (κ3) is 3.79. The number of hydrogen-bond donors (Lipinski definition) is 0. The molecule has 2 fully saturated rings. The number of hydrogen-bond acceptors (Lipinski definition) is 1. The highest BCUT2D eigenvalue weighted by atomic mass is 15.2. The first-order chi connectivity index (χ1) is 7.25. The summed E-state index contributed by atoms with van der Waals surface area (Å²) in [6, 6.07) is 0.932. The van der Waals surface area contributed by atoms with Crippen LogP contribution < -0.4 is 0 Å². The highest BCUT2D eigenvalue weighted by molar-refractivity contribution is 4.83. The van der Waals surface area contributed by atoms with E-state index < -0.39 is 0 Å². The van der Waals surface area contributed by atoms with Crippen LogP contribution in [0.4, 0.5) is 0 Å². The maximum atomic E-state index is 2.82. The second kappa shape index (κ2) is 5.34. The largest absolute Gasteiger partial charge is 0.300 e. The molecule has 0 atom stereocenters. The van der Waals surface area contributed by atoms with E-state index in [0.717, 1.165) is 17.9 Å². The molecule has 0 amide bonds. The van der Waals surface area contributed by atoms with Crippen molar-refractivity contribution in [1.82, 2.24) is 4.90 Å². The molecule has 0 radical (unpaired) electrons. The molecule has 0 aromatic heterocycles. The van der Waals surface area contributed by atoms with Crippen LogP contribution in [0, 0.1) is 11.8 Å². The first-order valence-electron chi connectivity index (χ1n) is 6.99. The van der Waals surface area contributed by atoms with Crippen molar-refractivity contribution in [1.29, 1.82) is 0 Å². The minimum absolute atomic E-state index is 0.839. The van der Waals surface area contributed by atoms with E-state index in [0.29, 0.717) is 0 Å². The Balaban J connectivity index is 1.83. The van der Waals surface area contributed by atoms with Gasteiger partial charge in [-0.05, 0) is 37.5 Å². The highest BCUT2D eigenvalue weighted by Crippen LogP contribution is 2.32. The van der Waals surface area contributed by atoms with Crippen LogP contribution >= 0.6 is 0 Å². The molecular weight excluding hydrogens is 182 g/mol. The van der Waals surface area contributed by atoms with Crippen molar-refractivity contribution in [3.8, 4) is 0 Å². The Kier molecular flexibility index (Phi) is 4.07. The van der Waals surface area contributed by atoms with E-state index in [1.807, 2.05) is 0 Å². The van der Waals surface area contributed by atoms with Crippen molar-refractivity contribution in [2.45, 2.75) is 64.8 Å². The van der Waals surface area contributed by atoms with Crippen molar-refractivity contribution in [2.75, 3.05) is 13.1 Å². The molecular formula is C14H27N. The molecule has 0 heterocycles. The van der Waals surface area contributed by atoms with Gasteiger partial charge >= 0.3 is 0 Å². The fraction of sp³-hybridized carbons (Fsp3) is 1.00. The molecule has 0 N–H and O–H groups in total. The van der Waals surface area contributed by atoms with E-state index in [2.05, 4.69) is 18.7 Å². The van der Waals surface area contributed by atoms with E-state index >= 15 is 0 Å². The molecule has 0 aromatic rings. The lowest BCUT2D eigenvalue weighted by Gasteiger charge is -2.35. The quantitative estimate of drug-likeness (QED) is 0.667. The lowest BCUT2D eigenvalue weighted by molar-refractivity contribution is 0.134. The van der Waals surface area contributed by atoms with Gasteiger partial charge in [-0.2, -0.15) is 0 Å². The second-order valence-corrected chi connectivity index (χ2v) is 6.08. The molecule has 15 heavy (non-hydrogen) atoms. The Hall–Kier alpha value is -0.0400. The summed E-state index contributed by atoms with van der Waals surface area (Å²) in [6.07, 6.45) is 10.4. The molecule has 2 rings (SSSR count). The van der Waals surface area contributed by atoms with Gasteiger partial charge in [-0.25, -0.2) is 0 Å². The maximum Gasteiger partial charge on any atom is 0.00954 e. The van der Waals surface area contributed by atoms with Gasteiger partial charge in [0.1, 0.15) is 0 Å². The third-order valence-electron chi connectivity index (χ3n) is 3.88. The van der Waals surface area contributed by atoms with Gasteiger partial charge in [0.25, 0.3) is 0 Å². The lowest BCUT2D eigenvalue weighted by atomic mass is 9.93. The predicted octanol–water partition coefficient (Wildman–Crippen LogP) is 3.69. The highest BCUT2D eigenvalue weighted by Gasteiger charge is 2.28. The van der Waals surface area contributed by atoms with Gasteiger partial charge in [0.2, 0.25) is 0 Å². The van der Waals surface area contributed by atoms with Gasteiger partial charge in [0, 0.05) is 19.1 Å². The summed E-state index contributed by atoms with van der Waals surface area (Å²) in [6.45, 7) is 7.47. The van der Waals surface area contributed by atoms with Gasteiger partial charge in [0.15, 0.2) is 0 Å². The van der Waals surface area contributed by atoms with E-state index in [1.54, 1.807) is 0 Å². The van der Waals surface area contributed by atoms with Crippen LogP contribution in [0.2, 0.25) is 0 Å². The molecule has 0 saturated heterocycles. The zero-order valence-corrected chi connectivity index (χ0v) is 10.5. The van der Waals surface area contributed by atoms with Gasteiger partial charge in [0.05, 0.1) is 0 Å². The zero-order valence-electron chi connectivity index (χ0n) is 10.5. The fourth-order valence-corrected chi connectivity index (χ4v) is 2.92. The molecule has 0 aromatic carbocycles. The SMILES string of the molecule is CC(C)CN(CC1CC1)C1CCCCC1. The topological polar surface area (TPSA) is 3.24 Å². The molecule has 1 heteroatoms. The molecule has 0 spiro atoms. The average Bonchev–Trinajstić information content (AvgIpc) is 3.01. The Bertz CT molecular complexity index is 174. The average molecular weight is 209 g/mol. The van der Waals surface area contributed by atoms with Crippen molar-refractivity contribution < 1.29 is 0 Å². The first kappa shape index (κ1) is 11.4. The van der Waals surface area contributed by atoms with E-state index in [9.17, 15) is 0 Å². The normalized spacial score (nSPS) is 24.0. The summed E-state index contributed by atoms with van der Waals surface area (Å²) in [4.78, 5) is 2.82. The van der Waals surface area contributed by atoms with Crippen molar-refractivity contribution >= 4 is 0 Å². The summed E-state index contributed by atoms with van der Waals surface area (Å²) < 4.78 is 0. The first-order valence-corrected chi connectivity index (χ1v) is 6.99. The molecule has 2 saturated carbocycles. The Morgan fingerprint density at radius 3 is 2.20 bits per heavy atom. The predicted molar refractivity (Wildman–Crippen MR) is 66.0 cm³/mol. The van der Waals surface area contributed by atoms with Crippen LogP contribution in [-0.2, 0) is 0 Å². The van der Waals surface area contributed by atoms with Crippen LogP contribution in [0.15, 0.2) is 0 Å². The molecule has 0 aliphatic heterocycles. The number of nitrogens with zero attached hydrogens (tertiary/aromatic N) is 1. The van der Waals surface area contributed by atoms with E-state index in [-0.39, 0.29) is 0 Å². The summed E-state index contributed by atoms with van der Waals surface area (Å²) in [5.41, 5.74) is 0. The molecule has 2 aliphatic carbocycles. The number of rotatable bonds is 5. The summed E-state index contributed by atoms with van der Waals surface area (Å²) in [5, 5.41) is 0. The second-order valence-electron chi connectivity index (χ2n) is 6.08. The minimum Gasteiger partial charge on any atom is -0.300 e. The molecule has 88 valence electrons. The minimum atomic E-state index is 0.839. The zero-order chi connectivity index (χ0) is 10.7. The molecule has 0 bridgehead atoms. The van der Waals surface area contributed by atoms with Crippen LogP contribution in [0.25, 0.3) is 0 Å². The third-order valence-corrected chi connectivity index (χ3v) is 3.88. The smallest absolute Gasteiger partial charge is 0.00954 e. The monoisotopic (exact) mass is 209 g/mol.